The lowest BCUT2D eigenvalue weighted by atomic mass is 9.85. The Kier molecular flexibility index (Phi) is 5.84. The van der Waals surface area contributed by atoms with Crippen LogP contribution in [0, 0.1) is 5.82 Å². The van der Waals surface area contributed by atoms with Gasteiger partial charge < -0.3 is 4.74 Å². The van der Waals surface area contributed by atoms with Crippen LogP contribution in [0.1, 0.15) is 33.8 Å². The van der Waals surface area contributed by atoms with Crippen molar-refractivity contribution in [3.63, 3.8) is 0 Å². The third kappa shape index (κ3) is 4.20. The number of hydrogen-bond acceptors (Lipinski definition) is 2. The van der Waals surface area contributed by atoms with Crippen LogP contribution >= 0.6 is 15.9 Å². The van der Waals surface area contributed by atoms with E-state index in [2.05, 4.69) is 15.9 Å². The molecule has 0 spiro atoms. The Hall–Kier alpha value is -2.46. The van der Waals surface area contributed by atoms with Gasteiger partial charge in [0.05, 0.1) is 7.11 Å². The van der Waals surface area contributed by atoms with Crippen molar-refractivity contribution < 1.29 is 13.9 Å². The van der Waals surface area contributed by atoms with E-state index < -0.39 is 0 Å². The van der Waals surface area contributed by atoms with Crippen LogP contribution in [0.15, 0.2) is 77.3 Å². The average molecular weight is 413 g/mol. The summed E-state index contributed by atoms with van der Waals surface area (Å²) >= 11 is 3.40. The second-order valence-corrected chi connectivity index (χ2v) is 6.90. The van der Waals surface area contributed by atoms with E-state index in [9.17, 15) is 9.18 Å². The molecule has 0 fully saturated rings. The van der Waals surface area contributed by atoms with E-state index in [0.717, 1.165) is 15.8 Å². The highest BCUT2D eigenvalue weighted by Crippen LogP contribution is 2.33. The van der Waals surface area contributed by atoms with Gasteiger partial charge in [0.15, 0.2) is 5.78 Å². The lowest BCUT2D eigenvalue weighted by molar-refractivity contribution is 0.0977. The number of rotatable bonds is 6. The number of benzene rings is 3. The summed E-state index contributed by atoms with van der Waals surface area (Å²) < 4.78 is 20.5. The Morgan fingerprint density at radius 3 is 2.38 bits per heavy atom. The summed E-state index contributed by atoms with van der Waals surface area (Å²) in [5.41, 5.74) is 1.99. The van der Waals surface area contributed by atoms with Gasteiger partial charge in [0.1, 0.15) is 11.6 Å². The second-order valence-electron chi connectivity index (χ2n) is 5.98. The second kappa shape index (κ2) is 8.28. The summed E-state index contributed by atoms with van der Waals surface area (Å²) in [5, 5.41) is 0. The summed E-state index contributed by atoms with van der Waals surface area (Å²) in [4.78, 5) is 12.8. The van der Waals surface area contributed by atoms with Crippen LogP contribution in [-0.4, -0.2) is 12.9 Å². The highest BCUT2D eigenvalue weighted by atomic mass is 79.9. The molecule has 0 aliphatic carbocycles. The molecule has 0 N–H and O–H groups in total. The van der Waals surface area contributed by atoms with E-state index >= 15 is 0 Å². The van der Waals surface area contributed by atoms with Crippen LogP contribution in [0.2, 0.25) is 0 Å². The van der Waals surface area contributed by atoms with Crippen LogP contribution in [0.3, 0.4) is 0 Å². The Balaban J connectivity index is 2.00. The summed E-state index contributed by atoms with van der Waals surface area (Å²) in [6, 6.07) is 21.3. The fraction of sp³-hybridized carbons (Fsp3) is 0.136. The van der Waals surface area contributed by atoms with Gasteiger partial charge in [0.2, 0.25) is 0 Å². The highest BCUT2D eigenvalue weighted by Gasteiger charge is 2.22. The SMILES string of the molecule is COc1ccc(C(CC(=O)c2ccccc2)c2cc(Br)ccc2F)cc1. The molecule has 1 atom stereocenters. The fourth-order valence-corrected chi connectivity index (χ4v) is 3.33. The van der Waals surface area contributed by atoms with Gasteiger partial charge in [-0.25, -0.2) is 4.39 Å². The zero-order valence-electron chi connectivity index (χ0n) is 14.3. The third-order valence-corrected chi connectivity index (χ3v) is 4.83. The monoisotopic (exact) mass is 412 g/mol. The van der Waals surface area contributed by atoms with Gasteiger partial charge in [-0.05, 0) is 41.5 Å². The third-order valence-electron chi connectivity index (χ3n) is 4.34. The normalized spacial score (nSPS) is 11.8. The molecule has 0 aliphatic heterocycles. The first-order valence-electron chi connectivity index (χ1n) is 8.25. The Morgan fingerprint density at radius 1 is 1.04 bits per heavy atom. The average Bonchev–Trinajstić information content (AvgIpc) is 2.69. The van der Waals surface area contributed by atoms with Crippen molar-refractivity contribution in [1.29, 1.82) is 0 Å². The summed E-state index contributed by atoms with van der Waals surface area (Å²) in [5.74, 6) is -0.0108. The topological polar surface area (TPSA) is 26.3 Å². The number of ether oxygens (including phenoxy) is 1. The van der Waals surface area contributed by atoms with Gasteiger partial charge in [-0.15, -0.1) is 0 Å². The molecule has 0 aromatic heterocycles. The largest absolute Gasteiger partial charge is 0.497 e. The van der Waals surface area contributed by atoms with Gasteiger partial charge in [-0.3, -0.25) is 4.79 Å². The highest BCUT2D eigenvalue weighted by molar-refractivity contribution is 9.10. The van der Waals surface area contributed by atoms with Crippen molar-refractivity contribution >= 4 is 21.7 Å². The number of carbonyl (C=O) groups excluding carboxylic acids is 1. The molecule has 3 aromatic rings. The van der Waals surface area contributed by atoms with Crippen LogP contribution in [0.5, 0.6) is 5.75 Å². The lowest BCUT2D eigenvalue weighted by Gasteiger charge is -2.19. The Bertz CT molecular complexity index is 892. The Labute approximate surface area is 160 Å². The minimum atomic E-state index is -0.383. The molecule has 26 heavy (non-hydrogen) atoms. The first kappa shape index (κ1) is 18.3. The van der Waals surface area contributed by atoms with E-state index in [1.54, 1.807) is 31.4 Å². The predicted octanol–water partition coefficient (Wildman–Crippen LogP) is 6.00. The predicted molar refractivity (Wildman–Crippen MR) is 104 cm³/mol. The number of Topliss-reactive ketones (excluding diaryl/α,β-unsaturated/α-hetero) is 1. The smallest absolute Gasteiger partial charge is 0.163 e. The van der Waals surface area contributed by atoms with Gasteiger partial charge >= 0.3 is 0 Å². The number of hydrogen-bond donors (Lipinski definition) is 0. The summed E-state index contributed by atoms with van der Waals surface area (Å²) in [6.45, 7) is 0. The molecule has 3 aromatic carbocycles. The van der Waals surface area contributed by atoms with Gasteiger partial charge in [0, 0.05) is 22.4 Å². The molecule has 0 bridgehead atoms. The molecule has 0 saturated heterocycles. The minimum absolute atomic E-state index is 0.0224. The fourth-order valence-electron chi connectivity index (χ4n) is 2.95. The molecular formula is C22H18BrFO2. The van der Waals surface area contributed by atoms with Gasteiger partial charge in [-0.2, -0.15) is 0 Å². The van der Waals surface area contributed by atoms with E-state index in [4.69, 9.17) is 4.74 Å². The number of halogens is 2. The molecule has 0 aliphatic rings. The first-order chi connectivity index (χ1) is 12.6. The van der Waals surface area contributed by atoms with Crippen LogP contribution in [-0.2, 0) is 0 Å². The van der Waals surface area contributed by atoms with Crippen molar-refractivity contribution in [3.8, 4) is 5.75 Å². The molecule has 4 heteroatoms. The molecular weight excluding hydrogens is 395 g/mol. The molecule has 0 saturated carbocycles. The molecule has 2 nitrogen and oxygen atoms in total. The van der Waals surface area contributed by atoms with Crippen molar-refractivity contribution in [2.75, 3.05) is 7.11 Å². The van der Waals surface area contributed by atoms with Crippen molar-refractivity contribution in [2.24, 2.45) is 0 Å². The maximum Gasteiger partial charge on any atom is 0.163 e. The van der Waals surface area contributed by atoms with E-state index in [0.29, 0.717) is 11.1 Å². The van der Waals surface area contributed by atoms with E-state index in [1.165, 1.54) is 6.07 Å². The number of methoxy groups -OCH3 is 1. The van der Waals surface area contributed by atoms with Gasteiger partial charge in [-0.1, -0.05) is 58.4 Å². The molecule has 0 heterocycles. The Morgan fingerprint density at radius 2 is 1.73 bits per heavy atom. The van der Waals surface area contributed by atoms with Crippen molar-refractivity contribution in [1.82, 2.24) is 0 Å². The van der Waals surface area contributed by atoms with E-state index in [1.807, 2.05) is 42.5 Å². The zero-order chi connectivity index (χ0) is 18.5. The van der Waals surface area contributed by atoms with Crippen LogP contribution in [0.25, 0.3) is 0 Å². The minimum Gasteiger partial charge on any atom is -0.497 e. The lowest BCUT2D eigenvalue weighted by Crippen LogP contribution is -2.11. The quantitative estimate of drug-likeness (QED) is 0.463. The van der Waals surface area contributed by atoms with Crippen molar-refractivity contribution in [2.45, 2.75) is 12.3 Å². The standard InChI is InChI=1S/C22H18BrFO2/c1-26-18-10-7-15(8-11-18)19(20-13-17(23)9-12-21(20)24)14-22(25)16-5-3-2-4-6-16/h2-13,19H,14H2,1H3. The van der Waals surface area contributed by atoms with Crippen LogP contribution < -0.4 is 4.74 Å². The molecule has 132 valence electrons. The maximum absolute atomic E-state index is 14.5. The molecule has 1 unspecified atom stereocenters. The maximum atomic E-state index is 14.5. The number of carbonyl (C=O) groups is 1. The number of ketones is 1. The summed E-state index contributed by atoms with van der Waals surface area (Å²) in [7, 11) is 1.60. The van der Waals surface area contributed by atoms with Crippen LogP contribution in [0.4, 0.5) is 4.39 Å². The first-order valence-corrected chi connectivity index (χ1v) is 9.05. The summed E-state index contributed by atoms with van der Waals surface area (Å²) in [6.07, 6.45) is 0.184. The molecule has 0 amide bonds. The van der Waals surface area contributed by atoms with Crippen molar-refractivity contribution in [3.05, 3.63) is 99.8 Å². The zero-order valence-corrected chi connectivity index (χ0v) is 15.9. The van der Waals surface area contributed by atoms with E-state index in [-0.39, 0.29) is 23.9 Å². The molecule has 0 radical (unpaired) electrons. The molecule has 3 rings (SSSR count). The van der Waals surface area contributed by atoms with Gasteiger partial charge in [0.25, 0.3) is 0 Å².